The van der Waals surface area contributed by atoms with Crippen LogP contribution in [-0.4, -0.2) is 37.2 Å². The van der Waals surface area contributed by atoms with Crippen LogP contribution in [0.4, 0.5) is 0 Å². The van der Waals surface area contributed by atoms with E-state index >= 15 is 0 Å². The van der Waals surface area contributed by atoms with E-state index in [0.717, 1.165) is 128 Å². The van der Waals surface area contributed by atoms with E-state index < -0.39 is 12.1 Å². The maximum absolute atomic E-state index is 12.8. The summed E-state index contributed by atoms with van der Waals surface area (Å²) in [7, 11) is 0. The SMILES string of the molecule is CC/C=C\C/C=C\C/C=C\C/C=C\C/C=C\C/C=C\CCC(=O)O[C@H](COC(=O)CCCCCCC/C=C\C/C=C\C/C=C\CC)COC(=O)CCCCCCCCC/C=C\C/C=C\CCCCC. The zero-order chi connectivity index (χ0) is 50.0. The molecule has 388 valence electrons. The lowest BCUT2D eigenvalue weighted by molar-refractivity contribution is -0.166. The van der Waals surface area contributed by atoms with Gasteiger partial charge in [-0.05, 0) is 122 Å². The molecule has 6 heteroatoms. The van der Waals surface area contributed by atoms with Gasteiger partial charge >= 0.3 is 17.9 Å². The van der Waals surface area contributed by atoms with Crippen LogP contribution in [0.15, 0.2) is 134 Å². The lowest BCUT2D eigenvalue weighted by Crippen LogP contribution is -2.30. The van der Waals surface area contributed by atoms with Crippen molar-refractivity contribution in [1.29, 1.82) is 0 Å². The number of hydrogen-bond acceptors (Lipinski definition) is 6. The van der Waals surface area contributed by atoms with Crippen LogP contribution in [0, 0.1) is 0 Å². The molecule has 0 unspecified atom stereocenters. The molecule has 0 amide bonds. The highest BCUT2D eigenvalue weighted by molar-refractivity contribution is 5.71. The minimum absolute atomic E-state index is 0.123. The maximum Gasteiger partial charge on any atom is 0.306 e. The van der Waals surface area contributed by atoms with E-state index in [0.29, 0.717) is 19.3 Å². The Morgan fingerprint density at radius 3 is 0.942 bits per heavy atom. The highest BCUT2D eigenvalue weighted by atomic mass is 16.6. The second-order valence-electron chi connectivity index (χ2n) is 17.7. The Labute approximate surface area is 424 Å². The molecule has 0 radical (unpaired) electrons. The van der Waals surface area contributed by atoms with E-state index in [2.05, 4.69) is 142 Å². The predicted octanol–water partition coefficient (Wildman–Crippen LogP) is 18.6. The lowest BCUT2D eigenvalue weighted by Gasteiger charge is -2.18. The molecule has 0 aliphatic rings. The van der Waals surface area contributed by atoms with Gasteiger partial charge in [0.15, 0.2) is 6.10 Å². The molecule has 0 aromatic heterocycles. The summed E-state index contributed by atoms with van der Waals surface area (Å²) >= 11 is 0. The zero-order valence-corrected chi connectivity index (χ0v) is 44.3. The van der Waals surface area contributed by atoms with Gasteiger partial charge in [0.25, 0.3) is 0 Å². The topological polar surface area (TPSA) is 78.9 Å². The first-order chi connectivity index (χ1) is 34.0. The average molecular weight is 953 g/mol. The van der Waals surface area contributed by atoms with Crippen molar-refractivity contribution in [2.45, 2.75) is 232 Å². The molecule has 0 aliphatic heterocycles. The summed E-state index contributed by atoms with van der Waals surface area (Å²) in [5, 5.41) is 0. The summed E-state index contributed by atoms with van der Waals surface area (Å²) in [4.78, 5) is 38.1. The summed E-state index contributed by atoms with van der Waals surface area (Å²) in [6.07, 6.45) is 78.7. The van der Waals surface area contributed by atoms with E-state index in [-0.39, 0.29) is 31.6 Å². The van der Waals surface area contributed by atoms with Crippen molar-refractivity contribution >= 4 is 17.9 Å². The Hall–Kier alpha value is -4.45. The molecule has 0 aromatic carbocycles. The quantitative estimate of drug-likeness (QED) is 0.0262. The van der Waals surface area contributed by atoms with Crippen LogP contribution in [-0.2, 0) is 28.6 Å². The minimum atomic E-state index is -0.834. The molecule has 0 N–H and O–H groups in total. The van der Waals surface area contributed by atoms with Gasteiger partial charge in [0, 0.05) is 19.3 Å². The summed E-state index contributed by atoms with van der Waals surface area (Å²) < 4.78 is 16.8. The standard InChI is InChI=1S/C63H100O6/c1-4-7-10-13-16-19-22-25-28-30-31-33-36-39-42-45-48-51-54-57-63(66)69-60(58-67-61(64)55-52-49-46-43-40-37-34-27-24-21-18-15-12-9-6-3)59-68-62(65)56-53-50-47-44-41-38-35-32-29-26-23-20-17-14-11-8-5-2/h7,9-10,12,16-21,25-29,31,33-34,39,42,48,51,60H,4-6,8,11,13-15,22-24,30,32,35-38,40-41,43-47,49-50,52-59H2,1-3H3/b10-7-,12-9-,19-16-,20-17-,21-18-,28-25-,29-26-,33-31-,34-27-,42-39-,51-48-/t60-/m1/s1. The van der Waals surface area contributed by atoms with Crippen molar-refractivity contribution in [1.82, 2.24) is 0 Å². The molecule has 0 saturated heterocycles. The first-order valence-corrected chi connectivity index (χ1v) is 27.7. The Morgan fingerprint density at radius 1 is 0.304 bits per heavy atom. The fourth-order valence-corrected chi connectivity index (χ4v) is 7.04. The van der Waals surface area contributed by atoms with Crippen LogP contribution in [0.2, 0.25) is 0 Å². The predicted molar refractivity (Wildman–Crippen MR) is 297 cm³/mol. The number of carbonyl (C=O) groups excluding carboxylic acids is 3. The largest absolute Gasteiger partial charge is 0.462 e. The minimum Gasteiger partial charge on any atom is -0.462 e. The number of ether oxygens (including phenoxy) is 3. The molecule has 6 nitrogen and oxygen atoms in total. The third-order valence-corrected chi connectivity index (χ3v) is 11.1. The van der Waals surface area contributed by atoms with Crippen molar-refractivity contribution in [2.75, 3.05) is 13.2 Å². The molecule has 0 fully saturated rings. The third kappa shape index (κ3) is 54.4. The van der Waals surface area contributed by atoms with Gasteiger partial charge in [0.2, 0.25) is 0 Å². The van der Waals surface area contributed by atoms with E-state index in [9.17, 15) is 14.4 Å². The van der Waals surface area contributed by atoms with Gasteiger partial charge in [0.1, 0.15) is 13.2 Å². The first-order valence-electron chi connectivity index (χ1n) is 27.7. The second kappa shape index (κ2) is 56.1. The smallest absolute Gasteiger partial charge is 0.306 e. The molecule has 0 aromatic rings. The number of carbonyl (C=O) groups is 3. The van der Waals surface area contributed by atoms with Crippen LogP contribution in [0.25, 0.3) is 0 Å². The monoisotopic (exact) mass is 953 g/mol. The summed E-state index contributed by atoms with van der Waals surface area (Å²) in [5.74, 6) is -1.04. The van der Waals surface area contributed by atoms with Crippen molar-refractivity contribution in [3.63, 3.8) is 0 Å². The van der Waals surface area contributed by atoms with Gasteiger partial charge in [-0.15, -0.1) is 0 Å². The van der Waals surface area contributed by atoms with Gasteiger partial charge in [0.05, 0.1) is 0 Å². The van der Waals surface area contributed by atoms with Crippen LogP contribution in [0.3, 0.4) is 0 Å². The van der Waals surface area contributed by atoms with Gasteiger partial charge in [-0.2, -0.15) is 0 Å². The zero-order valence-electron chi connectivity index (χ0n) is 44.3. The van der Waals surface area contributed by atoms with Crippen molar-refractivity contribution in [2.24, 2.45) is 0 Å². The number of esters is 3. The van der Waals surface area contributed by atoms with Gasteiger partial charge in [-0.25, -0.2) is 0 Å². The highest BCUT2D eigenvalue weighted by Gasteiger charge is 2.19. The molecule has 0 spiro atoms. The number of hydrogen-bond donors (Lipinski definition) is 0. The Bertz CT molecular complexity index is 1510. The second-order valence-corrected chi connectivity index (χ2v) is 17.7. The van der Waals surface area contributed by atoms with Gasteiger partial charge in [-0.3, -0.25) is 14.4 Å². The molecule has 0 rings (SSSR count). The maximum atomic E-state index is 12.8. The van der Waals surface area contributed by atoms with E-state index in [1.165, 1.54) is 51.4 Å². The molecule has 0 bridgehead atoms. The van der Waals surface area contributed by atoms with E-state index in [1.54, 1.807) is 0 Å². The lowest BCUT2D eigenvalue weighted by atomic mass is 10.1. The van der Waals surface area contributed by atoms with Crippen LogP contribution in [0.5, 0.6) is 0 Å². The van der Waals surface area contributed by atoms with Crippen LogP contribution >= 0.6 is 0 Å². The molecule has 69 heavy (non-hydrogen) atoms. The molecule has 0 saturated carbocycles. The summed E-state index contributed by atoms with van der Waals surface area (Å²) in [6.45, 7) is 6.29. The van der Waals surface area contributed by atoms with Crippen molar-refractivity contribution in [3.05, 3.63) is 134 Å². The first kappa shape index (κ1) is 64.5. The molecule has 0 aliphatic carbocycles. The van der Waals surface area contributed by atoms with Crippen molar-refractivity contribution < 1.29 is 28.6 Å². The van der Waals surface area contributed by atoms with Crippen LogP contribution in [0.1, 0.15) is 226 Å². The normalized spacial score (nSPS) is 13.1. The Balaban J connectivity index is 4.57. The fraction of sp³-hybridized carbons (Fsp3) is 0.603. The average Bonchev–Trinajstić information content (AvgIpc) is 3.35. The van der Waals surface area contributed by atoms with Gasteiger partial charge < -0.3 is 14.2 Å². The Kier molecular flexibility index (Phi) is 52.5. The fourth-order valence-electron chi connectivity index (χ4n) is 7.04. The summed E-state index contributed by atoms with van der Waals surface area (Å²) in [6, 6.07) is 0. The van der Waals surface area contributed by atoms with Gasteiger partial charge in [-0.1, -0.05) is 219 Å². The molecular weight excluding hydrogens is 853 g/mol. The van der Waals surface area contributed by atoms with Crippen molar-refractivity contribution in [3.8, 4) is 0 Å². The number of rotatable bonds is 48. The Morgan fingerprint density at radius 2 is 0.594 bits per heavy atom. The molecular formula is C63H100O6. The highest BCUT2D eigenvalue weighted by Crippen LogP contribution is 2.13. The molecule has 1 atom stereocenters. The van der Waals surface area contributed by atoms with Crippen LogP contribution < -0.4 is 0 Å². The van der Waals surface area contributed by atoms with E-state index in [1.807, 2.05) is 12.2 Å². The number of allylic oxidation sites excluding steroid dienone is 22. The third-order valence-electron chi connectivity index (χ3n) is 11.1. The van der Waals surface area contributed by atoms with E-state index in [4.69, 9.17) is 14.2 Å². The molecule has 0 heterocycles. The number of unbranched alkanes of at least 4 members (excludes halogenated alkanes) is 15. The summed E-state index contributed by atoms with van der Waals surface area (Å²) in [5.41, 5.74) is 0.